The van der Waals surface area contributed by atoms with Gasteiger partial charge in [0.15, 0.2) is 5.65 Å². The molecule has 0 aliphatic carbocycles. The Morgan fingerprint density at radius 2 is 2.00 bits per heavy atom. The Morgan fingerprint density at radius 3 is 2.65 bits per heavy atom. The predicted octanol–water partition coefficient (Wildman–Crippen LogP) is 3.78. The summed E-state index contributed by atoms with van der Waals surface area (Å²) in [5, 5.41) is 8.10. The van der Waals surface area contributed by atoms with Crippen LogP contribution in [-0.2, 0) is 13.6 Å². The van der Waals surface area contributed by atoms with Crippen LogP contribution >= 0.6 is 0 Å². The number of carbonyl (C=O) groups excluding carboxylic acids is 1. The molecule has 0 aliphatic rings. The summed E-state index contributed by atoms with van der Waals surface area (Å²) in [4.78, 5) is 17.5. The SMILES string of the molecule is Cc1cc(CNC(=O)c2cc(C(C)C)nc3c2c(C)nn3C)ccc1F. The first-order chi connectivity index (χ1) is 12.3. The monoisotopic (exact) mass is 354 g/mol. The number of benzene rings is 1. The minimum absolute atomic E-state index is 0.183. The highest BCUT2D eigenvalue weighted by molar-refractivity contribution is 6.06. The minimum Gasteiger partial charge on any atom is -0.348 e. The van der Waals surface area contributed by atoms with E-state index in [0.717, 1.165) is 22.3 Å². The average Bonchev–Trinajstić information content (AvgIpc) is 2.89. The van der Waals surface area contributed by atoms with Crippen LogP contribution in [0.5, 0.6) is 0 Å². The molecule has 2 aromatic heterocycles. The Morgan fingerprint density at radius 1 is 1.27 bits per heavy atom. The quantitative estimate of drug-likeness (QED) is 0.776. The van der Waals surface area contributed by atoms with E-state index < -0.39 is 0 Å². The maximum absolute atomic E-state index is 13.4. The van der Waals surface area contributed by atoms with E-state index in [1.54, 1.807) is 23.7 Å². The van der Waals surface area contributed by atoms with Gasteiger partial charge >= 0.3 is 0 Å². The van der Waals surface area contributed by atoms with Crippen molar-refractivity contribution in [2.24, 2.45) is 7.05 Å². The van der Waals surface area contributed by atoms with Gasteiger partial charge < -0.3 is 5.32 Å². The average molecular weight is 354 g/mol. The number of rotatable bonds is 4. The summed E-state index contributed by atoms with van der Waals surface area (Å²) in [6.45, 7) is 8.00. The Kier molecular flexibility index (Phi) is 4.76. The van der Waals surface area contributed by atoms with Crippen LogP contribution in [0.2, 0.25) is 0 Å². The number of amides is 1. The lowest BCUT2D eigenvalue weighted by Crippen LogP contribution is -2.23. The number of nitrogens with zero attached hydrogens (tertiary/aromatic N) is 3. The van der Waals surface area contributed by atoms with E-state index in [2.05, 4.69) is 15.4 Å². The highest BCUT2D eigenvalue weighted by atomic mass is 19.1. The number of aryl methyl sites for hydroxylation is 3. The van der Waals surface area contributed by atoms with Gasteiger partial charge in [0.1, 0.15) is 5.82 Å². The van der Waals surface area contributed by atoms with Gasteiger partial charge in [-0.2, -0.15) is 5.10 Å². The lowest BCUT2D eigenvalue weighted by Gasteiger charge is -2.11. The normalized spacial score (nSPS) is 11.3. The zero-order valence-corrected chi connectivity index (χ0v) is 15.7. The molecule has 2 heterocycles. The molecule has 5 nitrogen and oxygen atoms in total. The molecule has 0 radical (unpaired) electrons. The third kappa shape index (κ3) is 3.31. The van der Waals surface area contributed by atoms with Gasteiger partial charge in [0, 0.05) is 19.3 Å². The van der Waals surface area contributed by atoms with Gasteiger partial charge in [0.05, 0.1) is 16.6 Å². The number of pyridine rings is 1. The van der Waals surface area contributed by atoms with Crippen molar-refractivity contribution in [3.63, 3.8) is 0 Å². The highest BCUT2D eigenvalue weighted by Gasteiger charge is 2.19. The van der Waals surface area contributed by atoms with Crippen molar-refractivity contribution in [3.05, 3.63) is 58.2 Å². The molecule has 1 amide bonds. The van der Waals surface area contributed by atoms with Gasteiger partial charge in [-0.1, -0.05) is 26.0 Å². The number of halogens is 1. The molecule has 0 spiro atoms. The maximum Gasteiger partial charge on any atom is 0.252 e. The van der Waals surface area contributed by atoms with Crippen molar-refractivity contribution in [2.45, 2.75) is 40.2 Å². The molecule has 0 fully saturated rings. The van der Waals surface area contributed by atoms with E-state index in [1.807, 2.05) is 33.9 Å². The largest absolute Gasteiger partial charge is 0.348 e. The lowest BCUT2D eigenvalue weighted by atomic mass is 10.0. The van der Waals surface area contributed by atoms with Crippen LogP contribution in [0.1, 0.15) is 52.6 Å². The molecule has 26 heavy (non-hydrogen) atoms. The van der Waals surface area contributed by atoms with E-state index >= 15 is 0 Å². The van der Waals surface area contributed by atoms with Crippen LogP contribution < -0.4 is 5.32 Å². The Balaban J connectivity index is 1.95. The van der Waals surface area contributed by atoms with Gasteiger partial charge in [-0.05, 0) is 43.0 Å². The molecule has 1 N–H and O–H groups in total. The van der Waals surface area contributed by atoms with Crippen molar-refractivity contribution in [1.82, 2.24) is 20.1 Å². The van der Waals surface area contributed by atoms with Crippen LogP contribution in [0, 0.1) is 19.7 Å². The summed E-state index contributed by atoms with van der Waals surface area (Å²) in [7, 11) is 1.83. The van der Waals surface area contributed by atoms with Crippen molar-refractivity contribution in [2.75, 3.05) is 0 Å². The molecule has 0 saturated heterocycles. The van der Waals surface area contributed by atoms with Crippen LogP contribution in [0.3, 0.4) is 0 Å². The fraction of sp³-hybridized carbons (Fsp3) is 0.350. The molecular weight excluding hydrogens is 331 g/mol. The minimum atomic E-state index is -0.247. The number of hydrogen-bond donors (Lipinski definition) is 1. The molecule has 3 rings (SSSR count). The van der Waals surface area contributed by atoms with E-state index in [-0.39, 0.29) is 17.6 Å². The second kappa shape index (κ2) is 6.86. The summed E-state index contributed by atoms with van der Waals surface area (Å²) < 4.78 is 15.1. The second-order valence-corrected chi connectivity index (χ2v) is 6.92. The summed E-state index contributed by atoms with van der Waals surface area (Å²) in [6.07, 6.45) is 0. The molecule has 0 unspecified atom stereocenters. The van der Waals surface area contributed by atoms with Crippen molar-refractivity contribution in [3.8, 4) is 0 Å². The third-order valence-corrected chi connectivity index (χ3v) is 4.50. The van der Waals surface area contributed by atoms with Crippen LogP contribution in [0.15, 0.2) is 24.3 Å². The molecule has 0 bridgehead atoms. The van der Waals surface area contributed by atoms with Gasteiger partial charge in [0.2, 0.25) is 0 Å². The Bertz CT molecular complexity index is 991. The molecule has 3 aromatic rings. The topological polar surface area (TPSA) is 59.8 Å². The molecule has 6 heteroatoms. The second-order valence-electron chi connectivity index (χ2n) is 6.92. The summed E-state index contributed by atoms with van der Waals surface area (Å²) in [5.74, 6) is -0.234. The van der Waals surface area contributed by atoms with Gasteiger partial charge in [-0.3, -0.25) is 9.48 Å². The van der Waals surface area contributed by atoms with E-state index in [4.69, 9.17) is 0 Å². The molecule has 0 aliphatic heterocycles. The van der Waals surface area contributed by atoms with Crippen molar-refractivity contribution >= 4 is 16.9 Å². The van der Waals surface area contributed by atoms with Crippen LogP contribution in [-0.4, -0.2) is 20.7 Å². The maximum atomic E-state index is 13.4. The molecule has 0 saturated carbocycles. The van der Waals surface area contributed by atoms with Crippen molar-refractivity contribution in [1.29, 1.82) is 0 Å². The van der Waals surface area contributed by atoms with Gasteiger partial charge in [0.25, 0.3) is 5.91 Å². The fourth-order valence-corrected chi connectivity index (χ4v) is 3.03. The lowest BCUT2D eigenvalue weighted by molar-refractivity contribution is 0.0952. The van der Waals surface area contributed by atoms with Crippen LogP contribution in [0.25, 0.3) is 11.0 Å². The summed E-state index contributed by atoms with van der Waals surface area (Å²) in [6, 6.07) is 6.68. The number of carbonyl (C=O) groups is 1. The summed E-state index contributed by atoms with van der Waals surface area (Å²) >= 11 is 0. The zero-order valence-electron chi connectivity index (χ0n) is 15.7. The summed E-state index contributed by atoms with van der Waals surface area (Å²) in [5.41, 5.74) is 4.32. The standard InChI is InChI=1S/C20H23FN4O/c1-11(2)17-9-15(18-13(4)24-25(5)19(18)23-17)20(26)22-10-14-6-7-16(21)12(3)8-14/h6-9,11H,10H2,1-5H3,(H,22,26). The Hall–Kier alpha value is -2.76. The zero-order chi connectivity index (χ0) is 19.0. The number of hydrogen-bond acceptors (Lipinski definition) is 3. The predicted molar refractivity (Wildman–Crippen MR) is 99.6 cm³/mol. The third-order valence-electron chi connectivity index (χ3n) is 4.50. The molecule has 0 atom stereocenters. The Labute approximate surface area is 152 Å². The fourth-order valence-electron chi connectivity index (χ4n) is 3.03. The van der Waals surface area contributed by atoms with Gasteiger partial charge in [-0.25, -0.2) is 9.37 Å². The molecule has 136 valence electrons. The molecular formula is C20H23FN4O. The highest BCUT2D eigenvalue weighted by Crippen LogP contribution is 2.25. The first kappa shape index (κ1) is 18.0. The van der Waals surface area contributed by atoms with E-state index in [0.29, 0.717) is 23.3 Å². The van der Waals surface area contributed by atoms with E-state index in [1.165, 1.54) is 6.07 Å². The number of fused-ring (bicyclic) bond motifs is 1. The first-order valence-electron chi connectivity index (χ1n) is 8.65. The van der Waals surface area contributed by atoms with Crippen LogP contribution in [0.4, 0.5) is 4.39 Å². The van der Waals surface area contributed by atoms with E-state index in [9.17, 15) is 9.18 Å². The van der Waals surface area contributed by atoms with Gasteiger partial charge in [-0.15, -0.1) is 0 Å². The smallest absolute Gasteiger partial charge is 0.252 e. The number of nitrogens with one attached hydrogen (secondary N) is 1. The first-order valence-corrected chi connectivity index (χ1v) is 8.65. The molecule has 1 aromatic carbocycles. The number of aromatic nitrogens is 3. The van der Waals surface area contributed by atoms with Crippen molar-refractivity contribution < 1.29 is 9.18 Å².